The first-order valence-electron chi connectivity index (χ1n) is 5.32. The van der Waals surface area contributed by atoms with Gasteiger partial charge in [0.15, 0.2) is 16.6 Å². The van der Waals surface area contributed by atoms with Gasteiger partial charge in [0.1, 0.15) is 0 Å². The standard InChI is InChI=1S/C10H17N3O2S/c1-14-6-5-13(7-3-4-7)10-8(15-2)9(11)12-16-10/h7H,3-6H2,1-2H3,(H2,11,12). The third kappa shape index (κ3) is 2.22. The molecule has 1 aliphatic rings. The molecular formula is C10H17N3O2S. The van der Waals surface area contributed by atoms with Gasteiger partial charge in [-0.05, 0) is 24.4 Å². The predicted molar refractivity (Wildman–Crippen MR) is 65.3 cm³/mol. The van der Waals surface area contributed by atoms with E-state index in [1.54, 1.807) is 14.2 Å². The minimum absolute atomic E-state index is 0.477. The summed E-state index contributed by atoms with van der Waals surface area (Å²) in [6.07, 6.45) is 2.45. The summed E-state index contributed by atoms with van der Waals surface area (Å²) in [7, 11) is 3.34. The monoisotopic (exact) mass is 243 g/mol. The molecule has 0 atom stereocenters. The minimum atomic E-state index is 0.477. The Hall–Kier alpha value is -1.01. The summed E-state index contributed by atoms with van der Waals surface area (Å²) >= 11 is 1.40. The minimum Gasteiger partial charge on any atom is -0.490 e. The van der Waals surface area contributed by atoms with Crippen LogP contribution < -0.4 is 15.4 Å². The van der Waals surface area contributed by atoms with E-state index < -0.39 is 0 Å². The van der Waals surface area contributed by atoms with Crippen molar-refractivity contribution in [1.29, 1.82) is 0 Å². The number of nitrogen functional groups attached to an aromatic ring is 1. The SMILES string of the molecule is COCCN(c1snc(N)c1OC)C1CC1. The third-order valence-electron chi connectivity index (χ3n) is 2.65. The van der Waals surface area contributed by atoms with Crippen LogP contribution in [0.15, 0.2) is 0 Å². The molecule has 16 heavy (non-hydrogen) atoms. The van der Waals surface area contributed by atoms with Crippen molar-refractivity contribution in [2.75, 3.05) is 38.0 Å². The molecule has 1 fully saturated rings. The van der Waals surface area contributed by atoms with Crippen molar-refractivity contribution in [3.8, 4) is 5.75 Å². The van der Waals surface area contributed by atoms with E-state index in [1.165, 1.54) is 24.4 Å². The van der Waals surface area contributed by atoms with E-state index in [2.05, 4.69) is 9.27 Å². The molecule has 2 N–H and O–H groups in total. The Morgan fingerprint density at radius 1 is 1.50 bits per heavy atom. The molecule has 1 aromatic heterocycles. The van der Waals surface area contributed by atoms with Gasteiger partial charge < -0.3 is 20.1 Å². The second-order valence-electron chi connectivity index (χ2n) is 3.82. The molecule has 1 heterocycles. The summed E-state index contributed by atoms with van der Waals surface area (Å²) in [5.74, 6) is 1.18. The number of nitrogens with two attached hydrogens (primary N) is 1. The molecule has 0 aliphatic heterocycles. The number of nitrogens with zero attached hydrogens (tertiary/aromatic N) is 2. The van der Waals surface area contributed by atoms with Crippen LogP contribution in [-0.4, -0.2) is 37.8 Å². The first-order chi connectivity index (χ1) is 7.77. The fourth-order valence-electron chi connectivity index (χ4n) is 1.69. The van der Waals surface area contributed by atoms with Crippen LogP contribution in [0, 0.1) is 0 Å². The average Bonchev–Trinajstić information content (AvgIpc) is 3.04. The Labute approximate surface area is 99.3 Å². The van der Waals surface area contributed by atoms with Crippen LogP contribution >= 0.6 is 11.5 Å². The number of methoxy groups -OCH3 is 2. The van der Waals surface area contributed by atoms with Crippen LogP contribution in [0.2, 0.25) is 0 Å². The van der Waals surface area contributed by atoms with Gasteiger partial charge in [-0.3, -0.25) is 0 Å². The molecule has 1 aliphatic carbocycles. The maximum Gasteiger partial charge on any atom is 0.197 e. The predicted octanol–water partition coefficient (Wildman–Crippen LogP) is 1.35. The normalized spacial score (nSPS) is 15.1. The van der Waals surface area contributed by atoms with E-state index >= 15 is 0 Å². The average molecular weight is 243 g/mol. The molecule has 5 nitrogen and oxygen atoms in total. The van der Waals surface area contributed by atoms with E-state index in [0.717, 1.165) is 11.5 Å². The highest BCUT2D eigenvalue weighted by Gasteiger charge is 2.32. The summed E-state index contributed by atoms with van der Waals surface area (Å²) in [5, 5.41) is 1.03. The Bertz CT molecular complexity index is 352. The lowest BCUT2D eigenvalue weighted by Crippen LogP contribution is -2.28. The molecule has 0 amide bonds. The molecule has 0 aromatic carbocycles. The van der Waals surface area contributed by atoms with Crippen LogP contribution in [-0.2, 0) is 4.74 Å². The molecule has 0 spiro atoms. The number of rotatable bonds is 6. The highest BCUT2D eigenvalue weighted by atomic mass is 32.1. The molecule has 1 aromatic rings. The van der Waals surface area contributed by atoms with Gasteiger partial charge in [0.05, 0.1) is 13.7 Å². The van der Waals surface area contributed by atoms with Gasteiger partial charge in [-0.1, -0.05) is 0 Å². The van der Waals surface area contributed by atoms with Gasteiger partial charge in [-0.15, -0.1) is 0 Å². The van der Waals surface area contributed by atoms with Crippen LogP contribution in [0.5, 0.6) is 5.75 Å². The van der Waals surface area contributed by atoms with E-state index in [9.17, 15) is 0 Å². The Morgan fingerprint density at radius 3 is 2.81 bits per heavy atom. The maximum atomic E-state index is 5.76. The van der Waals surface area contributed by atoms with Crippen molar-refractivity contribution in [1.82, 2.24) is 4.37 Å². The lowest BCUT2D eigenvalue weighted by atomic mass is 10.4. The Balaban J connectivity index is 2.16. The molecule has 1 saturated carbocycles. The van der Waals surface area contributed by atoms with E-state index in [-0.39, 0.29) is 0 Å². The Morgan fingerprint density at radius 2 is 2.25 bits per heavy atom. The lowest BCUT2D eigenvalue weighted by molar-refractivity contribution is 0.205. The summed E-state index contributed by atoms with van der Waals surface area (Å²) in [6.45, 7) is 1.57. The second kappa shape index (κ2) is 4.88. The van der Waals surface area contributed by atoms with Gasteiger partial charge in [0.25, 0.3) is 0 Å². The molecule has 90 valence electrons. The lowest BCUT2D eigenvalue weighted by Gasteiger charge is -2.22. The van der Waals surface area contributed by atoms with Crippen molar-refractivity contribution in [3.05, 3.63) is 0 Å². The maximum absolute atomic E-state index is 5.76. The summed E-state index contributed by atoms with van der Waals surface area (Å²) in [6, 6.07) is 0.601. The van der Waals surface area contributed by atoms with Crippen LogP contribution in [0.3, 0.4) is 0 Å². The fourth-order valence-corrected chi connectivity index (χ4v) is 2.57. The van der Waals surface area contributed by atoms with Gasteiger partial charge in [-0.25, -0.2) is 0 Å². The zero-order valence-electron chi connectivity index (χ0n) is 9.60. The zero-order valence-corrected chi connectivity index (χ0v) is 10.4. The number of hydrogen-bond donors (Lipinski definition) is 1. The van der Waals surface area contributed by atoms with Gasteiger partial charge in [-0.2, -0.15) is 4.37 Å². The number of aromatic nitrogens is 1. The summed E-state index contributed by atoms with van der Waals surface area (Å²) in [5.41, 5.74) is 5.76. The molecular weight excluding hydrogens is 226 g/mol. The van der Waals surface area contributed by atoms with E-state index in [1.807, 2.05) is 0 Å². The van der Waals surface area contributed by atoms with Crippen molar-refractivity contribution in [2.24, 2.45) is 0 Å². The largest absolute Gasteiger partial charge is 0.490 e. The first-order valence-corrected chi connectivity index (χ1v) is 6.10. The first kappa shape index (κ1) is 11.5. The van der Waals surface area contributed by atoms with E-state index in [4.69, 9.17) is 15.2 Å². The number of hydrogen-bond acceptors (Lipinski definition) is 6. The van der Waals surface area contributed by atoms with Crippen LogP contribution in [0.1, 0.15) is 12.8 Å². The number of anilines is 2. The van der Waals surface area contributed by atoms with Gasteiger partial charge in [0, 0.05) is 19.7 Å². The Kier molecular flexibility index (Phi) is 3.50. The topological polar surface area (TPSA) is 60.6 Å². The quantitative estimate of drug-likeness (QED) is 0.817. The van der Waals surface area contributed by atoms with Crippen molar-refractivity contribution < 1.29 is 9.47 Å². The molecule has 0 unspecified atom stereocenters. The fraction of sp³-hybridized carbons (Fsp3) is 0.700. The summed E-state index contributed by atoms with van der Waals surface area (Å²) < 4.78 is 14.6. The van der Waals surface area contributed by atoms with Crippen molar-refractivity contribution in [2.45, 2.75) is 18.9 Å². The molecule has 0 bridgehead atoms. The molecule has 2 rings (SSSR count). The van der Waals surface area contributed by atoms with Crippen LogP contribution in [0.25, 0.3) is 0 Å². The second-order valence-corrected chi connectivity index (χ2v) is 4.58. The molecule has 6 heteroatoms. The van der Waals surface area contributed by atoms with Crippen molar-refractivity contribution in [3.63, 3.8) is 0 Å². The molecule has 0 saturated heterocycles. The van der Waals surface area contributed by atoms with Gasteiger partial charge in [0.2, 0.25) is 0 Å². The zero-order chi connectivity index (χ0) is 11.5. The highest BCUT2D eigenvalue weighted by molar-refractivity contribution is 7.11. The van der Waals surface area contributed by atoms with E-state index in [0.29, 0.717) is 24.2 Å². The van der Waals surface area contributed by atoms with Crippen molar-refractivity contribution >= 4 is 22.4 Å². The smallest absolute Gasteiger partial charge is 0.197 e. The molecule has 0 radical (unpaired) electrons. The third-order valence-corrected chi connectivity index (χ3v) is 3.53. The van der Waals surface area contributed by atoms with Crippen LogP contribution in [0.4, 0.5) is 10.8 Å². The highest BCUT2D eigenvalue weighted by Crippen LogP contribution is 2.42. The summed E-state index contributed by atoms with van der Waals surface area (Å²) in [4.78, 5) is 2.29. The van der Waals surface area contributed by atoms with Gasteiger partial charge >= 0.3 is 0 Å². The number of ether oxygens (including phenoxy) is 2.